The quantitative estimate of drug-likeness (QED) is 0.402. The Hall–Kier alpha value is -1.87. The molecule has 7 heteroatoms. The van der Waals surface area contributed by atoms with Crippen LogP contribution in [0, 0.1) is 0 Å². The fraction of sp³-hybridized carbons (Fsp3) is 0.400. The van der Waals surface area contributed by atoms with E-state index >= 15 is 0 Å². The minimum absolute atomic E-state index is 0.397. The maximum absolute atomic E-state index is 9.63. The molecule has 0 fully saturated rings. The van der Waals surface area contributed by atoms with Crippen molar-refractivity contribution in [3.8, 4) is 5.75 Å². The Labute approximate surface area is 173 Å². The van der Waals surface area contributed by atoms with Gasteiger partial charge in [0, 0.05) is 24.7 Å². The molecule has 1 aliphatic rings. The molecule has 0 amide bonds. The van der Waals surface area contributed by atoms with Crippen LogP contribution in [-0.2, 0) is 22.4 Å². The summed E-state index contributed by atoms with van der Waals surface area (Å²) in [6.45, 7) is 4.43. The van der Waals surface area contributed by atoms with Crippen molar-refractivity contribution in [3.05, 3.63) is 51.6 Å². The van der Waals surface area contributed by atoms with Crippen LogP contribution in [0.3, 0.4) is 0 Å². The van der Waals surface area contributed by atoms with Crippen molar-refractivity contribution in [2.75, 3.05) is 13.1 Å². The number of phenolic OH excluding ortho intramolecular Hbond substituents is 1. The molecule has 1 aromatic rings. The summed E-state index contributed by atoms with van der Waals surface area (Å²) in [5.41, 5.74) is 2.74. The van der Waals surface area contributed by atoms with Gasteiger partial charge in [-0.05, 0) is 59.6 Å². The van der Waals surface area contributed by atoms with Gasteiger partial charge in [0.1, 0.15) is 5.75 Å². The van der Waals surface area contributed by atoms with Gasteiger partial charge in [-0.25, -0.2) is 9.59 Å². The number of nitrogens with zero attached hydrogens (tertiary/aromatic N) is 1. The number of carboxylic acids is 2. The van der Waals surface area contributed by atoms with Gasteiger partial charge in [0.05, 0.1) is 0 Å². The van der Waals surface area contributed by atoms with Crippen molar-refractivity contribution in [2.24, 2.45) is 0 Å². The number of carbonyl (C=O) groups is 2. The number of hydrogen-bond acceptors (Lipinski definition) is 4. The molecule has 3 N–H and O–H groups in total. The van der Waals surface area contributed by atoms with Crippen LogP contribution in [-0.4, -0.2) is 51.3 Å². The molecule has 1 aliphatic carbocycles. The van der Waals surface area contributed by atoms with Gasteiger partial charge in [0.25, 0.3) is 0 Å². The summed E-state index contributed by atoms with van der Waals surface area (Å²) in [6.07, 6.45) is 7.97. The maximum atomic E-state index is 9.63. The average Bonchev–Trinajstić information content (AvgIpc) is 2.63. The Morgan fingerprint density at radius 1 is 1.22 bits per heavy atom. The summed E-state index contributed by atoms with van der Waals surface area (Å²) < 4.78 is 2.10. The summed E-state index contributed by atoms with van der Waals surface area (Å²) >= 11 is 2.28. The van der Waals surface area contributed by atoms with Crippen molar-refractivity contribution < 1.29 is 24.9 Å². The monoisotopic (exact) mass is 487 g/mol. The van der Waals surface area contributed by atoms with Gasteiger partial charge in [0.2, 0.25) is 0 Å². The zero-order valence-corrected chi connectivity index (χ0v) is 17.5. The highest BCUT2D eigenvalue weighted by atomic mass is 127. The maximum Gasteiger partial charge on any atom is 0.328 e. The molecule has 27 heavy (non-hydrogen) atoms. The Kier molecular flexibility index (Phi) is 10.7. The number of phenols is 1. The Morgan fingerprint density at radius 3 is 2.44 bits per heavy atom. The first-order valence-corrected chi connectivity index (χ1v) is 10.1. The molecule has 0 saturated heterocycles. The van der Waals surface area contributed by atoms with Gasteiger partial charge in [-0.2, -0.15) is 0 Å². The average molecular weight is 487 g/mol. The van der Waals surface area contributed by atoms with Gasteiger partial charge >= 0.3 is 11.9 Å². The molecular formula is C20H26INO5. The first-order valence-electron chi connectivity index (χ1n) is 8.81. The molecule has 6 nitrogen and oxygen atoms in total. The summed E-state index contributed by atoms with van der Waals surface area (Å²) in [5, 5.41) is 25.3. The predicted molar refractivity (Wildman–Crippen MR) is 113 cm³/mol. The van der Waals surface area contributed by atoms with Crippen LogP contribution >= 0.6 is 22.6 Å². The zero-order chi connectivity index (χ0) is 20.2. The highest BCUT2D eigenvalue weighted by Crippen LogP contribution is 2.27. The molecule has 0 aromatic heterocycles. The number of aryl methyl sites for hydroxylation is 1. The fourth-order valence-electron chi connectivity index (χ4n) is 3.06. The van der Waals surface area contributed by atoms with Crippen LogP contribution in [0.1, 0.15) is 30.9 Å². The third kappa shape index (κ3) is 9.05. The molecule has 1 aromatic carbocycles. The highest BCUT2D eigenvalue weighted by molar-refractivity contribution is 14.1. The third-order valence-electron chi connectivity index (χ3n) is 4.22. The predicted octanol–water partition coefficient (Wildman–Crippen LogP) is 3.62. The van der Waals surface area contributed by atoms with Crippen molar-refractivity contribution in [1.82, 2.24) is 4.90 Å². The molecule has 0 spiro atoms. The lowest BCUT2D eigenvalue weighted by Crippen LogP contribution is -2.39. The number of aliphatic carboxylic acids is 2. The number of hydrogen-bond donors (Lipinski definition) is 3. The first-order chi connectivity index (χ1) is 12.9. The van der Waals surface area contributed by atoms with E-state index in [9.17, 15) is 14.7 Å². The second-order valence-corrected chi connectivity index (χ2v) is 6.94. The number of carboxylic acid groups (broad SMARTS) is 2. The molecule has 0 heterocycles. The Bertz CT molecular complexity index is 671. The van der Waals surface area contributed by atoms with E-state index in [4.69, 9.17) is 10.2 Å². The SMILES string of the molecule is CCCN(C/C=C/I)C1CCc2ccc(O)cc2C1.O=C(O)/C=C/C(=O)O. The molecule has 0 radical (unpaired) electrons. The lowest BCUT2D eigenvalue weighted by molar-refractivity contribution is -0.134. The largest absolute Gasteiger partial charge is 0.508 e. The Morgan fingerprint density at radius 2 is 1.89 bits per heavy atom. The van der Waals surface area contributed by atoms with Crippen molar-refractivity contribution >= 4 is 34.5 Å². The molecule has 148 valence electrons. The first kappa shape index (κ1) is 23.2. The van der Waals surface area contributed by atoms with Crippen LogP contribution < -0.4 is 0 Å². The van der Waals surface area contributed by atoms with E-state index < -0.39 is 11.9 Å². The lowest BCUT2D eigenvalue weighted by Gasteiger charge is -2.34. The summed E-state index contributed by atoms with van der Waals surface area (Å²) in [5.74, 6) is -2.12. The van der Waals surface area contributed by atoms with Gasteiger partial charge in [-0.3, -0.25) is 4.90 Å². The molecule has 0 aliphatic heterocycles. The van der Waals surface area contributed by atoms with Crippen molar-refractivity contribution in [1.29, 1.82) is 0 Å². The number of benzene rings is 1. The second-order valence-electron chi connectivity index (χ2n) is 6.22. The van der Waals surface area contributed by atoms with E-state index in [1.807, 2.05) is 12.1 Å². The molecule has 1 unspecified atom stereocenters. The van der Waals surface area contributed by atoms with Crippen LogP contribution in [0.15, 0.2) is 40.5 Å². The van der Waals surface area contributed by atoms with E-state index in [0.717, 1.165) is 25.9 Å². The van der Waals surface area contributed by atoms with E-state index in [-0.39, 0.29) is 0 Å². The zero-order valence-electron chi connectivity index (χ0n) is 15.3. The number of aromatic hydroxyl groups is 1. The second kappa shape index (κ2) is 12.5. The summed E-state index contributed by atoms with van der Waals surface area (Å²) in [4.78, 5) is 21.7. The molecule has 1 atom stereocenters. The standard InChI is InChI=1S/C16H22INO.C4H4O4/c1-2-9-18(10-3-8-17)15-6-4-13-5-7-16(19)12-14(13)11-15;5-3(6)1-2-4(7)8/h3,5,7-8,12,15,19H,2,4,6,9-11H2,1H3;1-2H,(H,5,6)(H,7,8)/b8-3+;2-1+. The smallest absolute Gasteiger partial charge is 0.328 e. The van der Waals surface area contributed by atoms with Crippen LogP contribution in [0.25, 0.3) is 0 Å². The van der Waals surface area contributed by atoms with Gasteiger partial charge in [-0.1, -0.05) is 41.7 Å². The minimum Gasteiger partial charge on any atom is -0.508 e. The lowest BCUT2D eigenvalue weighted by atomic mass is 9.87. The highest BCUT2D eigenvalue weighted by Gasteiger charge is 2.23. The molecule has 0 bridgehead atoms. The normalized spacial score (nSPS) is 16.2. The fourth-order valence-corrected chi connectivity index (χ4v) is 3.29. The van der Waals surface area contributed by atoms with E-state index in [1.54, 1.807) is 0 Å². The third-order valence-corrected chi connectivity index (χ3v) is 4.73. The van der Waals surface area contributed by atoms with Crippen LogP contribution in [0.5, 0.6) is 5.75 Å². The number of halogens is 1. The molecule has 2 rings (SSSR count). The number of rotatable bonds is 7. The van der Waals surface area contributed by atoms with E-state index in [0.29, 0.717) is 23.9 Å². The van der Waals surface area contributed by atoms with E-state index in [2.05, 4.69) is 50.6 Å². The molecule has 0 saturated carbocycles. The van der Waals surface area contributed by atoms with Crippen LogP contribution in [0.2, 0.25) is 0 Å². The van der Waals surface area contributed by atoms with Gasteiger partial charge < -0.3 is 15.3 Å². The number of fused-ring (bicyclic) bond motifs is 1. The molecular weight excluding hydrogens is 461 g/mol. The Balaban J connectivity index is 0.000000387. The summed E-state index contributed by atoms with van der Waals surface area (Å²) in [7, 11) is 0. The van der Waals surface area contributed by atoms with E-state index in [1.165, 1.54) is 24.0 Å². The summed E-state index contributed by atoms with van der Waals surface area (Å²) in [6, 6.07) is 6.44. The van der Waals surface area contributed by atoms with Crippen LogP contribution in [0.4, 0.5) is 0 Å². The minimum atomic E-state index is -1.26. The van der Waals surface area contributed by atoms with Gasteiger partial charge in [0.15, 0.2) is 0 Å². The van der Waals surface area contributed by atoms with Gasteiger partial charge in [-0.15, -0.1) is 0 Å². The van der Waals surface area contributed by atoms with Crippen molar-refractivity contribution in [3.63, 3.8) is 0 Å². The topological polar surface area (TPSA) is 98.1 Å². The van der Waals surface area contributed by atoms with Crippen molar-refractivity contribution in [2.45, 2.75) is 38.6 Å².